The van der Waals surface area contributed by atoms with Crippen LogP contribution in [0.5, 0.6) is 0 Å². The maximum absolute atomic E-state index is 12.7. The fraction of sp³-hybridized carbons (Fsp3) is 0.364. The number of hydrogen-bond donors (Lipinski definition) is 2. The maximum atomic E-state index is 12.7. The van der Waals surface area contributed by atoms with Crippen LogP contribution in [0.15, 0.2) is 48.5 Å². The van der Waals surface area contributed by atoms with Crippen LogP contribution < -0.4 is 0 Å². The lowest BCUT2D eigenvalue weighted by atomic mass is 9.91. The second-order valence-electron chi connectivity index (χ2n) is 12.3. The van der Waals surface area contributed by atoms with Crippen molar-refractivity contribution >= 4 is 50.0 Å². The Balaban J connectivity index is 1.53. The Labute approximate surface area is 259 Å². The molecule has 1 aliphatic rings. The number of aryl methyl sites for hydroxylation is 2. The molecule has 224 valence electrons. The lowest BCUT2D eigenvalue weighted by Gasteiger charge is -2.28. The van der Waals surface area contributed by atoms with Crippen LogP contribution in [0.25, 0.3) is 42.8 Å². The van der Waals surface area contributed by atoms with Gasteiger partial charge in [0.25, 0.3) is 0 Å². The fourth-order valence-corrected chi connectivity index (χ4v) is 7.28. The molecule has 43 heavy (non-hydrogen) atoms. The summed E-state index contributed by atoms with van der Waals surface area (Å²) in [5.41, 5.74) is 6.27. The van der Waals surface area contributed by atoms with E-state index in [1.807, 2.05) is 69.8 Å². The molecular weight excluding hydrogens is 584 g/mol. The van der Waals surface area contributed by atoms with Gasteiger partial charge in [-0.1, -0.05) is 23.7 Å². The Morgan fingerprint density at radius 2 is 1.77 bits per heavy atom. The molecule has 8 nitrogen and oxygen atoms in total. The predicted octanol–water partition coefficient (Wildman–Crippen LogP) is 7.99. The van der Waals surface area contributed by atoms with Crippen LogP contribution in [0.1, 0.15) is 62.5 Å². The number of halogens is 1. The van der Waals surface area contributed by atoms with Crippen molar-refractivity contribution in [2.24, 2.45) is 7.05 Å². The number of aromatic nitrogens is 3. The minimum Gasteiger partial charge on any atom is -0.479 e. The zero-order valence-corrected chi connectivity index (χ0v) is 26.5. The maximum Gasteiger partial charge on any atom is 0.337 e. The number of rotatable bonds is 6. The Morgan fingerprint density at radius 3 is 2.42 bits per heavy atom. The lowest BCUT2D eigenvalue weighted by Crippen LogP contribution is -2.30. The number of piperidine rings is 1. The molecule has 6 rings (SSSR count). The molecule has 10 heteroatoms. The van der Waals surface area contributed by atoms with E-state index in [0.717, 1.165) is 66.9 Å². The highest BCUT2D eigenvalue weighted by Gasteiger charge is 2.32. The molecule has 0 saturated carbocycles. The van der Waals surface area contributed by atoms with E-state index in [0.29, 0.717) is 23.7 Å². The van der Waals surface area contributed by atoms with Crippen molar-refractivity contribution in [3.63, 3.8) is 0 Å². The molecule has 1 saturated heterocycles. The SMILES string of the molecule is Cc1cc2nc(-c3ccc4c(c3)c(C3CCN(O)CC3)nn4C)sc2c(-c2ccc(Cl)cc2)c1[C@H](OC(C)(C)C)C(=O)O. The molecule has 0 bridgehead atoms. The molecule has 0 unspecified atom stereocenters. The predicted molar refractivity (Wildman–Crippen MR) is 171 cm³/mol. The van der Waals surface area contributed by atoms with Gasteiger partial charge < -0.3 is 15.1 Å². The van der Waals surface area contributed by atoms with Gasteiger partial charge in [-0.05, 0) is 88.1 Å². The molecule has 2 aromatic heterocycles. The van der Waals surface area contributed by atoms with Crippen LogP contribution in [0, 0.1) is 6.92 Å². The van der Waals surface area contributed by atoms with Gasteiger partial charge in [0.15, 0.2) is 6.10 Å². The van der Waals surface area contributed by atoms with Gasteiger partial charge in [-0.3, -0.25) is 4.68 Å². The van der Waals surface area contributed by atoms with Crippen molar-refractivity contribution in [3.8, 4) is 21.7 Å². The number of aliphatic carboxylic acids is 1. The third-order valence-electron chi connectivity index (χ3n) is 8.00. The number of nitrogens with zero attached hydrogens (tertiary/aromatic N) is 4. The van der Waals surface area contributed by atoms with Crippen LogP contribution in [-0.2, 0) is 16.6 Å². The van der Waals surface area contributed by atoms with Gasteiger partial charge in [0.2, 0.25) is 0 Å². The zero-order valence-electron chi connectivity index (χ0n) is 24.9. The van der Waals surface area contributed by atoms with Gasteiger partial charge in [0.05, 0.1) is 27.0 Å². The normalized spacial score (nSPS) is 15.9. The summed E-state index contributed by atoms with van der Waals surface area (Å²) in [6.45, 7) is 8.76. The summed E-state index contributed by atoms with van der Waals surface area (Å²) in [5, 5.41) is 29.0. The number of ether oxygens (including phenoxy) is 1. The van der Waals surface area contributed by atoms with E-state index < -0.39 is 17.7 Å². The average Bonchev–Trinajstić information content (AvgIpc) is 3.52. The molecule has 0 amide bonds. The molecule has 3 aromatic carbocycles. The van der Waals surface area contributed by atoms with Crippen LogP contribution in [0.2, 0.25) is 5.02 Å². The van der Waals surface area contributed by atoms with E-state index in [4.69, 9.17) is 26.4 Å². The summed E-state index contributed by atoms with van der Waals surface area (Å²) in [6.07, 6.45) is 0.532. The number of thiazole rings is 1. The van der Waals surface area contributed by atoms with Crippen molar-refractivity contribution in [1.82, 2.24) is 19.8 Å². The highest BCUT2D eigenvalue weighted by molar-refractivity contribution is 7.22. The van der Waals surface area contributed by atoms with E-state index >= 15 is 0 Å². The Bertz CT molecular complexity index is 1830. The molecule has 5 aromatic rings. The minimum absolute atomic E-state index is 0.273. The first kappa shape index (κ1) is 29.7. The number of carbonyl (C=O) groups is 1. The number of carboxylic acid groups (broad SMARTS) is 1. The second-order valence-corrected chi connectivity index (χ2v) is 13.7. The first-order chi connectivity index (χ1) is 20.4. The number of hydrogen-bond acceptors (Lipinski definition) is 7. The van der Waals surface area contributed by atoms with Gasteiger partial charge >= 0.3 is 5.97 Å². The largest absolute Gasteiger partial charge is 0.479 e. The average molecular weight is 619 g/mol. The van der Waals surface area contributed by atoms with Crippen molar-refractivity contribution in [2.45, 2.75) is 58.2 Å². The Kier molecular flexibility index (Phi) is 7.81. The third kappa shape index (κ3) is 5.80. The quantitative estimate of drug-likeness (QED) is 0.199. The lowest BCUT2D eigenvalue weighted by molar-refractivity contribution is -0.160. The molecule has 1 aliphatic heterocycles. The number of benzene rings is 3. The van der Waals surface area contributed by atoms with Gasteiger partial charge in [-0.2, -0.15) is 10.2 Å². The van der Waals surface area contributed by atoms with E-state index in [1.54, 1.807) is 11.3 Å². The Hall–Kier alpha value is -3.34. The topological polar surface area (TPSA) is 101 Å². The van der Waals surface area contributed by atoms with Crippen molar-refractivity contribution in [3.05, 3.63) is 70.4 Å². The van der Waals surface area contributed by atoms with E-state index in [2.05, 4.69) is 18.2 Å². The van der Waals surface area contributed by atoms with Gasteiger partial charge in [0.1, 0.15) is 5.01 Å². The monoisotopic (exact) mass is 618 g/mol. The van der Waals surface area contributed by atoms with E-state index in [1.165, 1.54) is 5.06 Å². The number of carboxylic acids is 1. The molecule has 0 spiro atoms. The van der Waals surface area contributed by atoms with E-state index in [-0.39, 0.29) is 5.92 Å². The first-order valence-electron chi connectivity index (χ1n) is 14.4. The number of fused-ring (bicyclic) bond motifs is 2. The van der Waals surface area contributed by atoms with Gasteiger partial charge in [0, 0.05) is 53.2 Å². The summed E-state index contributed by atoms with van der Waals surface area (Å²) in [4.78, 5) is 17.7. The smallest absolute Gasteiger partial charge is 0.337 e. The number of hydroxylamine groups is 2. The van der Waals surface area contributed by atoms with Crippen molar-refractivity contribution in [2.75, 3.05) is 13.1 Å². The Morgan fingerprint density at radius 1 is 1.09 bits per heavy atom. The third-order valence-corrected chi connectivity index (χ3v) is 9.39. The summed E-state index contributed by atoms with van der Waals surface area (Å²) in [5.74, 6) is -0.769. The summed E-state index contributed by atoms with van der Waals surface area (Å²) in [7, 11) is 1.96. The van der Waals surface area contributed by atoms with Crippen molar-refractivity contribution < 1.29 is 19.8 Å². The standard InChI is InChI=1S/C33H35ClN4O4S/c1-18-16-24-30(27(19-6-9-22(34)10-7-19)26(18)29(32(39)40)42-33(2,3)4)43-31(35-24)21-8-11-25-23(17-21)28(36-37(25)5)20-12-14-38(41)15-13-20/h6-11,16-17,20,29,41H,12-15H2,1-5H3,(H,39,40)/t29-/m0/s1. The van der Waals surface area contributed by atoms with Crippen LogP contribution in [0.3, 0.4) is 0 Å². The highest BCUT2D eigenvalue weighted by Crippen LogP contribution is 2.45. The minimum atomic E-state index is -1.17. The molecule has 3 heterocycles. The molecule has 1 fully saturated rings. The molecule has 1 atom stereocenters. The molecule has 0 radical (unpaired) electrons. The zero-order chi connectivity index (χ0) is 30.6. The summed E-state index contributed by atoms with van der Waals surface area (Å²) in [6, 6.07) is 15.7. The van der Waals surface area contributed by atoms with Crippen molar-refractivity contribution in [1.29, 1.82) is 0 Å². The molecular formula is C33H35ClN4O4S. The van der Waals surface area contributed by atoms with Crippen LogP contribution in [-0.4, -0.2) is 54.8 Å². The van der Waals surface area contributed by atoms with Gasteiger partial charge in [-0.15, -0.1) is 11.3 Å². The first-order valence-corrected chi connectivity index (χ1v) is 15.6. The van der Waals surface area contributed by atoms with Crippen LogP contribution >= 0.6 is 22.9 Å². The molecule has 0 aliphatic carbocycles. The van der Waals surface area contributed by atoms with Gasteiger partial charge in [-0.25, -0.2) is 9.78 Å². The molecule has 2 N–H and O–H groups in total. The highest BCUT2D eigenvalue weighted by atomic mass is 35.5. The summed E-state index contributed by atoms with van der Waals surface area (Å²) >= 11 is 7.79. The second kappa shape index (κ2) is 11.3. The van der Waals surface area contributed by atoms with E-state index in [9.17, 15) is 15.1 Å². The van der Waals surface area contributed by atoms with Crippen LogP contribution in [0.4, 0.5) is 0 Å². The fourth-order valence-electron chi connectivity index (χ4n) is 6.03. The summed E-state index contributed by atoms with van der Waals surface area (Å²) < 4.78 is 8.97.